The Balaban J connectivity index is 2.36. The Morgan fingerprint density at radius 3 is 3.00 bits per heavy atom. The van der Waals surface area contributed by atoms with E-state index in [1.54, 1.807) is 0 Å². The van der Waals surface area contributed by atoms with Gasteiger partial charge in [-0.15, -0.1) is 0 Å². The highest BCUT2D eigenvalue weighted by molar-refractivity contribution is 9.10. The summed E-state index contributed by atoms with van der Waals surface area (Å²) in [4.78, 5) is 7.62. The van der Waals surface area contributed by atoms with E-state index in [4.69, 9.17) is 0 Å². The maximum Gasteiger partial charge on any atom is 0.137 e. The van der Waals surface area contributed by atoms with Gasteiger partial charge in [0.25, 0.3) is 0 Å². The van der Waals surface area contributed by atoms with Crippen LogP contribution < -0.4 is 0 Å². The van der Waals surface area contributed by atoms with Crippen LogP contribution >= 0.6 is 15.9 Å². The molecule has 1 aliphatic carbocycles. The van der Waals surface area contributed by atoms with E-state index in [9.17, 15) is 0 Å². The smallest absolute Gasteiger partial charge is 0.137 e. The molecule has 3 rings (SSSR count). The van der Waals surface area contributed by atoms with Gasteiger partial charge in [-0.1, -0.05) is 0 Å². The van der Waals surface area contributed by atoms with Gasteiger partial charge in [0.15, 0.2) is 0 Å². The first-order chi connectivity index (χ1) is 6.77. The zero-order valence-corrected chi connectivity index (χ0v) is 9.56. The molecule has 2 heterocycles. The molecule has 2 aromatic rings. The van der Waals surface area contributed by atoms with E-state index in [2.05, 4.69) is 39.0 Å². The summed E-state index contributed by atoms with van der Waals surface area (Å²) in [6, 6.07) is 0. The molecule has 1 saturated carbocycles. The van der Waals surface area contributed by atoms with Crippen LogP contribution in [0, 0.1) is 6.92 Å². The van der Waals surface area contributed by atoms with Gasteiger partial charge in [-0.3, -0.25) is 0 Å². The van der Waals surface area contributed by atoms with Gasteiger partial charge in [-0.25, -0.2) is 4.98 Å². The van der Waals surface area contributed by atoms with Gasteiger partial charge in [0.1, 0.15) is 5.65 Å². The highest BCUT2D eigenvalue weighted by atomic mass is 79.9. The van der Waals surface area contributed by atoms with E-state index in [0.717, 1.165) is 16.0 Å². The standard InChI is InChI=1S/C11H11BrN2/c1-6-9(12)5-14-11-10(6)8(4-13-11)7-2-3-7/h4-5,7H,2-3H2,1H3,(H,13,14). The largest absolute Gasteiger partial charge is 0.346 e. The fourth-order valence-corrected chi connectivity index (χ4v) is 2.28. The molecule has 0 saturated heterocycles. The van der Waals surface area contributed by atoms with Gasteiger partial charge in [-0.2, -0.15) is 0 Å². The fourth-order valence-electron chi connectivity index (χ4n) is 1.98. The Bertz CT molecular complexity index is 497. The van der Waals surface area contributed by atoms with Gasteiger partial charge in [0.05, 0.1) is 0 Å². The number of aromatic nitrogens is 2. The van der Waals surface area contributed by atoms with Crippen molar-refractivity contribution in [2.45, 2.75) is 25.7 Å². The number of hydrogen-bond acceptors (Lipinski definition) is 1. The summed E-state index contributed by atoms with van der Waals surface area (Å²) in [6.45, 7) is 2.15. The summed E-state index contributed by atoms with van der Waals surface area (Å²) in [7, 11) is 0. The zero-order chi connectivity index (χ0) is 9.71. The molecule has 0 amide bonds. The predicted octanol–water partition coefficient (Wildman–Crippen LogP) is 3.51. The number of aromatic amines is 1. The Morgan fingerprint density at radius 2 is 2.29 bits per heavy atom. The minimum absolute atomic E-state index is 0.776. The molecular weight excluding hydrogens is 240 g/mol. The number of aryl methyl sites for hydroxylation is 1. The summed E-state index contributed by atoms with van der Waals surface area (Å²) in [5.74, 6) is 0.776. The zero-order valence-electron chi connectivity index (χ0n) is 7.97. The van der Waals surface area contributed by atoms with Crippen molar-refractivity contribution >= 4 is 27.0 Å². The van der Waals surface area contributed by atoms with Gasteiger partial charge >= 0.3 is 0 Å². The fraction of sp³-hybridized carbons (Fsp3) is 0.364. The molecule has 0 unspecified atom stereocenters. The number of nitrogens with one attached hydrogen (secondary N) is 1. The summed E-state index contributed by atoms with van der Waals surface area (Å²) < 4.78 is 1.10. The van der Waals surface area contributed by atoms with E-state index in [-0.39, 0.29) is 0 Å². The Hall–Kier alpha value is -0.830. The Labute approximate surface area is 90.9 Å². The number of nitrogens with zero attached hydrogens (tertiary/aromatic N) is 1. The SMILES string of the molecule is Cc1c(Br)cnc2[nH]cc(C3CC3)c12. The summed E-state index contributed by atoms with van der Waals surface area (Å²) in [5, 5.41) is 1.32. The average Bonchev–Trinajstić information content (AvgIpc) is 2.93. The third-order valence-electron chi connectivity index (χ3n) is 2.95. The molecule has 2 nitrogen and oxygen atoms in total. The third kappa shape index (κ3) is 1.12. The number of halogens is 1. The van der Waals surface area contributed by atoms with Crippen molar-refractivity contribution in [3.8, 4) is 0 Å². The maximum absolute atomic E-state index is 4.37. The lowest BCUT2D eigenvalue weighted by Crippen LogP contribution is -1.84. The molecule has 0 aliphatic heterocycles. The Morgan fingerprint density at radius 1 is 1.50 bits per heavy atom. The van der Waals surface area contributed by atoms with Crippen molar-refractivity contribution in [1.82, 2.24) is 9.97 Å². The van der Waals surface area contributed by atoms with Crippen LogP contribution in [0.25, 0.3) is 11.0 Å². The minimum Gasteiger partial charge on any atom is -0.346 e. The molecule has 14 heavy (non-hydrogen) atoms. The normalized spacial score (nSPS) is 16.4. The van der Waals surface area contributed by atoms with E-state index < -0.39 is 0 Å². The lowest BCUT2D eigenvalue weighted by Gasteiger charge is -2.01. The highest BCUT2D eigenvalue weighted by Gasteiger charge is 2.27. The average molecular weight is 251 g/mol. The minimum atomic E-state index is 0.776. The molecule has 1 fully saturated rings. The van der Waals surface area contributed by atoms with Crippen molar-refractivity contribution in [1.29, 1.82) is 0 Å². The molecule has 3 heteroatoms. The van der Waals surface area contributed by atoms with Gasteiger partial charge < -0.3 is 4.98 Å². The monoisotopic (exact) mass is 250 g/mol. The van der Waals surface area contributed by atoms with Crippen molar-refractivity contribution in [3.63, 3.8) is 0 Å². The van der Waals surface area contributed by atoms with Crippen molar-refractivity contribution < 1.29 is 0 Å². The molecule has 72 valence electrons. The number of H-pyrrole nitrogens is 1. The molecule has 1 N–H and O–H groups in total. The lowest BCUT2D eigenvalue weighted by atomic mass is 10.1. The third-order valence-corrected chi connectivity index (χ3v) is 3.75. The van der Waals surface area contributed by atoms with Gasteiger partial charge in [0, 0.05) is 22.3 Å². The highest BCUT2D eigenvalue weighted by Crippen LogP contribution is 2.44. The molecule has 1 aliphatic rings. The topological polar surface area (TPSA) is 28.7 Å². The predicted molar refractivity (Wildman–Crippen MR) is 60.5 cm³/mol. The maximum atomic E-state index is 4.37. The number of pyridine rings is 1. The number of fused-ring (bicyclic) bond motifs is 1. The van der Waals surface area contributed by atoms with E-state index in [1.165, 1.54) is 29.4 Å². The molecule has 2 aromatic heterocycles. The van der Waals surface area contributed by atoms with Crippen LogP contribution in [-0.4, -0.2) is 9.97 Å². The van der Waals surface area contributed by atoms with Crippen molar-refractivity contribution in [3.05, 3.63) is 28.0 Å². The van der Waals surface area contributed by atoms with Crippen molar-refractivity contribution in [2.75, 3.05) is 0 Å². The second-order valence-electron chi connectivity index (χ2n) is 3.97. The van der Waals surface area contributed by atoms with Gasteiger partial charge in [-0.05, 0) is 52.7 Å². The van der Waals surface area contributed by atoms with Crippen LogP contribution in [0.2, 0.25) is 0 Å². The molecule has 0 spiro atoms. The summed E-state index contributed by atoms with van der Waals surface area (Å²) in [6.07, 6.45) is 6.65. The molecule has 0 aromatic carbocycles. The summed E-state index contributed by atoms with van der Waals surface area (Å²) >= 11 is 3.53. The molecule has 0 radical (unpaired) electrons. The van der Waals surface area contributed by atoms with Crippen LogP contribution in [0.15, 0.2) is 16.9 Å². The van der Waals surface area contributed by atoms with Crippen LogP contribution in [0.3, 0.4) is 0 Å². The number of rotatable bonds is 1. The molecule has 0 atom stereocenters. The van der Waals surface area contributed by atoms with E-state index in [1.807, 2.05) is 6.20 Å². The second kappa shape index (κ2) is 2.83. The van der Waals surface area contributed by atoms with E-state index in [0.29, 0.717) is 0 Å². The number of hydrogen-bond donors (Lipinski definition) is 1. The lowest BCUT2D eigenvalue weighted by molar-refractivity contribution is 1.14. The molecule has 0 bridgehead atoms. The van der Waals surface area contributed by atoms with Crippen LogP contribution in [0.1, 0.15) is 29.9 Å². The molecular formula is C11H11BrN2. The van der Waals surface area contributed by atoms with Crippen LogP contribution in [0.4, 0.5) is 0 Å². The quantitative estimate of drug-likeness (QED) is 0.825. The Kier molecular flexibility index (Phi) is 1.71. The second-order valence-corrected chi connectivity index (χ2v) is 4.83. The summed E-state index contributed by atoms with van der Waals surface area (Å²) in [5.41, 5.74) is 3.78. The first kappa shape index (κ1) is 8.48. The van der Waals surface area contributed by atoms with Gasteiger partial charge in [0.2, 0.25) is 0 Å². The van der Waals surface area contributed by atoms with Crippen LogP contribution in [0.5, 0.6) is 0 Å². The van der Waals surface area contributed by atoms with Crippen molar-refractivity contribution in [2.24, 2.45) is 0 Å². The first-order valence-electron chi connectivity index (χ1n) is 4.89. The first-order valence-corrected chi connectivity index (χ1v) is 5.68. The van der Waals surface area contributed by atoms with E-state index >= 15 is 0 Å². The van der Waals surface area contributed by atoms with Crippen LogP contribution in [-0.2, 0) is 0 Å².